The zero-order valence-corrected chi connectivity index (χ0v) is 20.3. The molecule has 0 radical (unpaired) electrons. The summed E-state index contributed by atoms with van der Waals surface area (Å²) in [6.45, 7) is 7.67. The second-order valence-electron chi connectivity index (χ2n) is 9.07. The van der Waals surface area contributed by atoms with Gasteiger partial charge >= 0.3 is 0 Å². The molecule has 1 heterocycles. The predicted molar refractivity (Wildman–Crippen MR) is 117 cm³/mol. The van der Waals surface area contributed by atoms with Crippen LogP contribution in [0.1, 0.15) is 15.9 Å². The smallest absolute Gasteiger partial charge is 0.220 e. The Morgan fingerprint density at radius 1 is 0.906 bits per heavy atom. The number of benzene rings is 2. The monoisotopic (exact) mass is 485 g/mol. The van der Waals surface area contributed by atoms with Crippen molar-refractivity contribution in [3.05, 3.63) is 47.5 Å². The molecule has 0 bridgehead atoms. The van der Waals surface area contributed by atoms with Crippen molar-refractivity contribution >= 4 is 11.5 Å². The first-order valence-electron chi connectivity index (χ1n) is 10.3. The van der Waals surface area contributed by atoms with Crippen molar-refractivity contribution in [2.24, 2.45) is 0 Å². The number of likely N-dealkylation sites (N-methyl/N-ethyl adjacent to an activating group) is 2. The number of rotatable bonds is 7. The Hall–Kier alpha value is -2.19. The van der Waals surface area contributed by atoms with Crippen molar-refractivity contribution in [1.29, 1.82) is 0 Å². The van der Waals surface area contributed by atoms with Gasteiger partial charge in [0.15, 0.2) is 0 Å². The van der Waals surface area contributed by atoms with Gasteiger partial charge in [-0.2, -0.15) is 0 Å². The van der Waals surface area contributed by atoms with E-state index in [0.29, 0.717) is 16.8 Å². The number of aromatic hydroxyl groups is 3. The molecule has 0 atom stereocenters. The van der Waals surface area contributed by atoms with E-state index in [1.54, 1.807) is 6.07 Å². The van der Waals surface area contributed by atoms with Crippen molar-refractivity contribution in [1.82, 2.24) is 0 Å². The van der Waals surface area contributed by atoms with E-state index in [9.17, 15) is 20.1 Å². The van der Waals surface area contributed by atoms with Gasteiger partial charge in [-0.15, -0.1) is 0 Å². The van der Waals surface area contributed by atoms with Crippen LogP contribution in [0.4, 0.5) is 5.69 Å². The molecule has 3 rings (SSSR count). The van der Waals surface area contributed by atoms with Gasteiger partial charge in [-0.25, -0.2) is 0 Å². The van der Waals surface area contributed by atoms with Crippen molar-refractivity contribution in [2.75, 3.05) is 65.2 Å². The highest BCUT2D eigenvalue weighted by molar-refractivity contribution is 5.99. The van der Waals surface area contributed by atoms with Crippen molar-refractivity contribution < 1.29 is 53.9 Å². The van der Waals surface area contributed by atoms with Crippen LogP contribution in [0.2, 0.25) is 0 Å². The Balaban J connectivity index is 0.00000256. The summed E-state index contributed by atoms with van der Waals surface area (Å²) >= 11 is 0. The van der Waals surface area contributed by atoms with E-state index < -0.39 is 0 Å². The molecule has 0 aromatic heterocycles. The van der Waals surface area contributed by atoms with Gasteiger partial charge in [-0.05, 0) is 30.7 Å². The maximum Gasteiger partial charge on any atom is 0.220 e. The minimum atomic E-state index is -0.169. The summed E-state index contributed by atoms with van der Waals surface area (Å²) in [7, 11) is 4.33. The Bertz CT molecular complexity index is 931. The second kappa shape index (κ2) is 11.1. The van der Waals surface area contributed by atoms with Crippen LogP contribution in [-0.4, -0.2) is 90.0 Å². The number of piperazine rings is 1. The molecule has 2 aromatic carbocycles. The Morgan fingerprint density at radius 3 is 2.12 bits per heavy atom. The summed E-state index contributed by atoms with van der Waals surface area (Å²) in [4.78, 5) is 12.7. The molecule has 0 amide bonds. The number of Topliss-reactive ketones (excluding diaryl/α,β-unsaturated/α-hetero) is 1. The standard InChI is InChI=1S/C23H31N3O4.2ClH/c1-17-4-5-18(14-21(17)28)24-8-9-25(2)10-12-26(3,13-11-25)16-23(30)20-7-6-19(27)15-22(20)29;;/h4-7,14-15,24H,8-13,16H2,1-3H3,(H-2,27,28,29,30);2*1H. The molecule has 7 nitrogen and oxygen atoms in total. The predicted octanol–water partition coefficient (Wildman–Crippen LogP) is -3.68. The van der Waals surface area contributed by atoms with Crippen LogP contribution < -0.4 is 30.1 Å². The molecule has 4 N–H and O–H groups in total. The number of nitrogens with one attached hydrogen (secondary N) is 1. The van der Waals surface area contributed by atoms with E-state index >= 15 is 0 Å². The Labute approximate surface area is 202 Å². The fourth-order valence-corrected chi connectivity index (χ4v) is 3.95. The molecule has 0 aliphatic carbocycles. The fourth-order valence-electron chi connectivity index (χ4n) is 3.95. The van der Waals surface area contributed by atoms with Gasteiger partial charge in [-0.1, -0.05) is 6.07 Å². The zero-order valence-electron chi connectivity index (χ0n) is 18.8. The molecule has 1 saturated heterocycles. The highest BCUT2D eigenvalue weighted by atomic mass is 35.5. The minimum absolute atomic E-state index is 0. The lowest BCUT2D eigenvalue weighted by molar-refractivity contribution is -1.01. The van der Waals surface area contributed by atoms with E-state index in [1.807, 2.05) is 19.1 Å². The van der Waals surface area contributed by atoms with Gasteiger partial charge in [0.05, 0.1) is 32.7 Å². The highest BCUT2D eigenvalue weighted by Gasteiger charge is 2.38. The molecule has 0 saturated carbocycles. The summed E-state index contributed by atoms with van der Waals surface area (Å²) in [5, 5.41) is 32.6. The van der Waals surface area contributed by atoms with Crippen LogP contribution in [0.3, 0.4) is 0 Å². The zero-order chi connectivity index (χ0) is 21.9. The maximum atomic E-state index is 12.7. The van der Waals surface area contributed by atoms with Gasteiger partial charge < -0.3 is 54.4 Å². The summed E-state index contributed by atoms with van der Waals surface area (Å²) in [6.07, 6.45) is 0. The molecule has 178 valence electrons. The van der Waals surface area contributed by atoms with Gasteiger partial charge in [0.2, 0.25) is 5.78 Å². The lowest BCUT2D eigenvalue weighted by Crippen LogP contribution is -3.00. The average Bonchev–Trinajstić information content (AvgIpc) is 2.67. The van der Waals surface area contributed by atoms with Crippen LogP contribution in [0.5, 0.6) is 17.2 Å². The fraction of sp³-hybridized carbons (Fsp3) is 0.435. The van der Waals surface area contributed by atoms with Crippen LogP contribution >= 0.6 is 0 Å². The topological polar surface area (TPSA) is 89.8 Å². The van der Waals surface area contributed by atoms with Gasteiger partial charge in [0.25, 0.3) is 0 Å². The van der Waals surface area contributed by atoms with Gasteiger partial charge in [0.1, 0.15) is 50.0 Å². The molecular weight excluding hydrogens is 453 g/mol. The summed E-state index contributed by atoms with van der Waals surface area (Å²) < 4.78 is 1.57. The minimum Gasteiger partial charge on any atom is -1.00 e. The molecule has 9 heteroatoms. The van der Waals surface area contributed by atoms with Crippen LogP contribution in [0.25, 0.3) is 0 Å². The average molecular weight is 486 g/mol. The van der Waals surface area contributed by atoms with Crippen LogP contribution in [0.15, 0.2) is 36.4 Å². The van der Waals surface area contributed by atoms with Crippen molar-refractivity contribution in [3.8, 4) is 17.2 Å². The molecule has 2 aromatic rings. The number of aryl methyl sites for hydroxylation is 1. The van der Waals surface area contributed by atoms with Crippen LogP contribution in [-0.2, 0) is 0 Å². The first-order valence-corrected chi connectivity index (χ1v) is 10.3. The molecule has 0 spiro atoms. The number of phenols is 3. The lowest BCUT2D eigenvalue weighted by Gasteiger charge is -2.46. The molecule has 1 aliphatic heterocycles. The lowest BCUT2D eigenvalue weighted by atomic mass is 10.1. The van der Waals surface area contributed by atoms with Crippen LogP contribution in [0, 0.1) is 6.92 Å². The third-order valence-corrected chi connectivity index (χ3v) is 6.36. The second-order valence-corrected chi connectivity index (χ2v) is 9.07. The summed E-state index contributed by atoms with van der Waals surface area (Å²) in [5.41, 5.74) is 2.05. The van der Waals surface area contributed by atoms with E-state index in [-0.39, 0.29) is 47.7 Å². The number of carbonyl (C=O) groups is 1. The number of anilines is 1. The molecule has 1 aliphatic rings. The van der Waals surface area contributed by atoms with Gasteiger partial charge in [0, 0.05) is 17.8 Å². The molecular formula is C23H33Cl2N3O4. The van der Waals surface area contributed by atoms with E-state index in [1.165, 1.54) is 18.2 Å². The first-order chi connectivity index (χ1) is 14.1. The van der Waals surface area contributed by atoms with Gasteiger partial charge in [-0.3, -0.25) is 4.79 Å². The normalized spacial score (nSPS) is 22.3. The molecule has 32 heavy (non-hydrogen) atoms. The third kappa shape index (κ3) is 6.90. The van der Waals surface area contributed by atoms with E-state index in [2.05, 4.69) is 19.4 Å². The highest BCUT2D eigenvalue weighted by Crippen LogP contribution is 2.25. The van der Waals surface area contributed by atoms with Crippen molar-refractivity contribution in [2.45, 2.75) is 6.92 Å². The quantitative estimate of drug-likeness (QED) is 0.239. The third-order valence-electron chi connectivity index (χ3n) is 6.36. The number of nitrogens with zero attached hydrogens (tertiary/aromatic N) is 2. The number of hydrogen-bond acceptors (Lipinski definition) is 5. The number of carbonyl (C=O) groups excluding carboxylic acids is 1. The molecule has 1 fully saturated rings. The Kier molecular flexibility index (Phi) is 9.66. The number of halogens is 2. The van der Waals surface area contributed by atoms with E-state index in [0.717, 1.165) is 55.0 Å². The SMILES string of the molecule is Cc1ccc(NCC[N+]2(C)CC[N+](C)(CC(=O)c3ccc(O)cc3O)CC2)cc1O.[Cl-].[Cl-]. The number of phenolic OH excluding ortho intramolecular Hbond substituents is 3. The van der Waals surface area contributed by atoms with Crippen molar-refractivity contribution in [3.63, 3.8) is 0 Å². The first kappa shape index (κ1) is 27.8. The molecule has 0 unspecified atom stereocenters. The van der Waals surface area contributed by atoms with E-state index in [4.69, 9.17) is 0 Å². The number of ketones is 1. The maximum absolute atomic E-state index is 12.7. The summed E-state index contributed by atoms with van der Waals surface area (Å²) in [5.74, 6) is -0.0231. The number of hydrogen-bond donors (Lipinski definition) is 4. The summed E-state index contributed by atoms with van der Waals surface area (Å²) in [6, 6.07) is 9.75. The largest absolute Gasteiger partial charge is 1.00 e. The number of quaternary nitrogens is 2. The Morgan fingerprint density at radius 2 is 1.53 bits per heavy atom.